The van der Waals surface area contributed by atoms with E-state index in [2.05, 4.69) is 15.5 Å². The first-order valence-corrected chi connectivity index (χ1v) is 6.90. The zero-order chi connectivity index (χ0) is 13.8. The molecule has 20 heavy (non-hydrogen) atoms. The summed E-state index contributed by atoms with van der Waals surface area (Å²) in [4.78, 5) is 13.0. The number of carbonyl (C=O) groups is 1. The van der Waals surface area contributed by atoms with Crippen LogP contribution in [-0.2, 0) is 6.54 Å². The molecule has 5 nitrogen and oxygen atoms in total. The van der Waals surface area contributed by atoms with E-state index in [0.717, 1.165) is 10.4 Å². The van der Waals surface area contributed by atoms with Crippen LogP contribution in [0.3, 0.4) is 0 Å². The van der Waals surface area contributed by atoms with Crippen LogP contribution in [-0.4, -0.2) is 16.1 Å². The molecule has 3 rings (SSSR count). The van der Waals surface area contributed by atoms with Crippen molar-refractivity contribution in [3.8, 4) is 11.5 Å². The molecule has 0 unspecified atom stereocenters. The number of aromatic nitrogens is 2. The summed E-state index contributed by atoms with van der Waals surface area (Å²) in [6.07, 6.45) is 0. The fourth-order valence-electron chi connectivity index (χ4n) is 1.67. The van der Waals surface area contributed by atoms with Gasteiger partial charge in [-0.1, -0.05) is 24.3 Å². The van der Waals surface area contributed by atoms with Gasteiger partial charge in [0.2, 0.25) is 5.89 Å². The Morgan fingerprint density at radius 3 is 2.75 bits per heavy atom. The molecule has 1 aromatic carbocycles. The van der Waals surface area contributed by atoms with Gasteiger partial charge in [-0.15, -0.1) is 21.5 Å². The van der Waals surface area contributed by atoms with E-state index in [1.807, 2.05) is 47.8 Å². The molecule has 0 aliphatic heterocycles. The fourth-order valence-corrected chi connectivity index (χ4v) is 2.31. The number of carbonyl (C=O) groups excluding carboxylic acids is 1. The van der Waals surface area contributed by atoms with Gasteiger partial charge in [0.05, 0.1) is 6.54 Å². The second-order valence-corrected chi connectivity index (χ2v) is 5.07. The third-order valence-corrected chi connectivity index (χ3v) is 3.52. The molecule has 0 saturated heterocycles. The zero-order valence-electron chi connectivity index (χ0n) is 10.4. The normalized spacial score (nSPS) is 10.4. The number of nitrogens with zero attached hydrogens (tertiary/aromatic N) is 2. The van der Waals surface area contributed by atoms with Gasteiger partial charge in [0, 0.05) is 10.4 Å². The lowest BCUT2D eigenvalue weighted by Gasteiger charge is -1.98. The molecule has 2 aromatic heterocycles. The van der Waals surface area contributed by atoms with E-state index in [-0.39, 0.29) is 11.8 Å². The minimum atomic E-state index is -0.368. The minimum absolute atomic E-state index is 0.0274. The molecule has 0 fully saturated rings. The summed E-state index contributed by atoms with van der Waals surface area (Å²) in [5.74, 6) is -0.0552. The van der Waals surface area contributed by atoms with E-state index in [1.54, 1.807) is 11.3 Å². The van der Waals surface area contributed by atoms with Gasteiger partial charge < -0.3 is 9.73 Å². The van der Waals surface area contributed by atoms with Crippen LogP contribution in [0.4, 0.5) is 0 Å². The first-order valence-electron chi connectivity index (χ1n) is 6.02. The van der Waals surface area contributed by atoms with E-state index in [0.29, 0.717) is 12.4 Å². The molecular weight excluding hydrogens is 274 g/mol. The monoisotopic (exact) mass is 285 g/mol. The van der Waals surface area contributed by atoms with E-state index >= 15 is 0 Å². The fraction of sp³-hybridized carbons (Fsp3) is 0.0714. The molecule has 0 aliphatic carbocycles. The number of amides is 1. The molecule has 0 aliphatic rings. The number of hydrogen-bond acceptors (Lipinski definition) is 5. The average Bonchev–Trinajstić information content (AvgIpc) is 3.17. The molecule has 2 heterocycles. The highest BCUT2D eigenvalue weighted by atomic mass is 32.1. The molecule has 0 spiro atoms. The van der Waals surface area contributed by atoms with Crippen LogP contribution < -0.4 is 5.32 Å². The molecule has 1 amide bonds. The van der Waals surface area contributed by atoms with Gasteiger partial charge in [-0.05, 0) is 23.6 Å². The Hall–Kier alpha value is -2.47. The first kappa shape index (κ1) is 12.6. The summed E-state index contributed by atoms with van der Waals surface area (Å²) in [5.41, 5.74) is 0.789. The van der Waals surface area contributed by atoms with Crippen molar-refractivity contribution < 1.29 is 9.21 Å². The van der Waals surface area contributed by atoms with Gasteiger partial charge >= 0.3 is 11.8 Å². The summed E-state index contributed by atoms with van der Waals surface area (Å²) in [6.45, 7) is 0.458. The van der Waals surface area contributed by atoms with Crippen molar-refractivity contribution in [2.75, 3.05) is 0 Å². The van der Waals surface area contributed by atoms with Crippen LogP contribution in [0.5, 0.6) is 0 Å². The van der Waals surface area contributed by atoms with E-state index in [4.69, 9.17) is 4.42 Å². The molecule has 3 aromatic rings. The quantitative estimate of drug-likeness (QED) is 0.800. The second kappa shape index (κ2) is 5.66. The summed E-state index contributed by atoms with van der Waals surface area (Å²) in [5, 5.41) is 12.3. The molecule has 0 saturated carbocycles. The van der Waals surface area contributed by atoms with Gasteiger partial charge in [0.25, 0.3) is 0 Å². The number of benzene rings is 1. The predicted octanol–water partition coefficient (Wildman–Crippen LogP) is 2.73. The molecule has 6 heteroatoms. The van der Waals surface area contributed by atoms with Crippen LogP contribution in [0.2, 0.25) is 0 Å². The predicted molar refractivity (Wildman–Crippen MR) is 75.2 cm³/mol. The van der Waals surface area contributed by atoms with Crippen molar-refractivity contribution in [3.63, 3.8) is 0 Å². The van der Waals surface area contributed by atoms with Crippen molar-refractivity contribution in [1.29, 1.82) is 0 Å². The van der Waals surface area contributed by atoms with Crippen LogP contribution in [0, 0.1) is 0 Å². The Balaban J connectivity index is 1.69. The second-order valence-electron chi connectivity index (χ2n) is 4.04. The Labute approximate surface area is 119 Å². The van der Waals surface area contributed by atoms with Gasteiger partial charge in [-0.25, -0.2) is 0 Å². The number of thiophene rings is 1. The van der Waals surface area contributed by atoms with E-state index in [1.165, 1.54) is 0 Å². The summed E-state index contributed by atoms with van der Waals surface area (Å²) >= 11 is 1.58. The molecule has 1 N–H and O–H groups in total. The molecule has 0 radical (unpaired) electrons. The SMILES string of the molecule is O=C(NCc1cccs1)c1nnc(-c2ccccc2)o1. The van der Waals surface area contributed by atoms with Gasteiger partial charge in [0.15, 0.2) is 0 Å². The van der Waals surface area contributed by atoms with Gasteiger partial charge in [-0.3, -0.25) is 4.79 Å². The Bertz CT molecular complexity index is 692. The largest absolute Gasteiger partial charge is 0.412 e. The van der Waals surface area contributed by atoms with Gasteiger partial charge in [-0.2, -0.15) is 0 Å². The number of rotatable bonds is 4. The average molecular weight is 285 g/mol. The molecule has 0 atom stereocenters. The maximum Gasteiger partial charge on any atom is 0.309 e. The van der Waals surface area contributed by atoms with Crippen molar-refractivity contribution in [2.45, 2.75) is 6.54 Å². The lowest BCUT2D eigenvalue weighted by atomic mass is 10.2. The maximum atomic E-state index is 11.9. The lowest BCUT2D eigenvalue weighted by Crippen LogP contribution is -2.22. The smallest absolute Gasteiger partial charge is 0.309 e. The molecule has 100 valence electrons. The topological polar surface area (TPSA) is 68.0 Å². The Morgan fingerprint density at radius 2 is 2.00 bits per heavy atom. The maximum absolute atomic E-state index is 11.9. The van der Waals surface area contributed by atoms with Crippen LogP contribution >= 0.6 is 11.3 Å². The number of hydrogen-bond donors (Lipinski definition) is 1. The third-order valence-electron chi connectivity index (χ3n) is 2.64. The van der Waals surface area contributed by atoms with E-state index < -0.39 is 0 Å². The summed E-state index contributed by atoms with van der Waals surface area (Å²) in [6, 6.07) is 13.2. The highest BCUT2D eigenvalue weighted by Gasteiger charge is 2.15. The zero-order valence-corrected chi connectivity index (χ0v) is 11.3. The molecule has 0 bridgehead atoms. The van der Waals surface area contributed by atoms with Gasteiger partial charge in [0.1, 0.15) is 0 Å². The standard InChI is InChI=1S/C14H11N3O2S/c18-12(15-9-11-7-4-8-20-11)14-17-16-13(19-14)10-5-2-1-3-6-10/h1-8H,9H2,(H,15,18). The summed E-state index contributed by atoms with van der Waals surface area (Å²) in [7, 11) is 0. The lowest BCUT2D eigenvalue weighted by molar-refractivity contribution is 0.0917. The minimum Gasteiger partial charge on any atom is -0.412 e. The van der Waals surface area contributed by atoms with Crippen LogP contribution in [0.25, 0.3) is 11.5 Å². The Morgan fingerprint density at radius 1 is 1.15 bits per heavy atom. The van der Waals surface area contributed by atoms with Crippen LogP contribution in [0.1, 0.15) is 15.6 Å². The highest BCUT2D eigenvalue weighted by Crippen LogP contribution is 2.16. The van der Waals surface area contributed by atoms with Crippen molar-refractivity contribution in [3.05, 3.63) is 58.6 Å². The Kier molecular flexibility index (Phi) is 3.56. The number of nitrogens with one attached hydrogen (secondary N) is 1. The summed E-state index contributed by atoms with van der Waals surface area (Å²) < 4.78 is 5.37. The highest BCUT2D eigenvalue weighted by molar-refractivity contribution is 7.09. The van der Waals surface area contributed by atoms with Crippen molar-refractivity contribution >= 4 is 17.2 Å². The third kappa shape index (κ3) is 2.75. The van der Waals surface area contributed by atoms with E-state index in [9.17, 15) is 4.79 Å². The van der Waals surface area contributed by atoms with Crippen LogP contribution in [0.15, 0.2) is 52.3 Å². The first-order chi connectivity index (χ1) is 9.83. The van der Waals surface area contributed by atoms with Crippen molar-refractivity contribution in [2.24, 2.45) is 0 Å². The molecular formula is C14H11N3O2S. The van der Waals surface area contributed by atoms with Crippen molar-refractivity contribution in [1.82, 2.24) is 15.5 Å².